The summed E-state index contributed by atoms with van der Waals surface area (Å²) in [5.74, 6) is -0.568. The molecular formula is C20H21NO3. The van der Waals surface area contributed by atoms with Crippen molar-refractivity contribution in [3.63, 3.8) is 0 Å². The maximum atomic E-state index is 12.5. The van der Waals surface area contributed by atoms with Crippen LogP contribution in [0.2, 0.25) is 0 Å². The highest BCUT2D eigenvalue weighted by molar-refractivity contribution is 5.97. The summed E-state index contributed by atoms with van der Waals surface area (Å²) in [7, 11) is 0. The van der Waals surface area contributed by atoms with Crippen LogP contribution in [0.25, 0.3) is 0 Å². The average molecular weight is 323 g/mol. The van der Waals surface area contributed by atoms with Gasteiger partial charge in [0, 0.05) is 18.0 Å². The van der Waals surface area contributed by atoms with E-state index >= 15 is 0 Å². The molecule has 4 nitrogen and oxygen atoms in total. The van der Waals surface area contributed by atoms with E-state index in [4.69, 9.17) is 5.11 Å². The molecule has 1 N–H and O–H groups in total. The first-order valence-corrected chi connectivity index (χ1v) is 8.27. The summed E-state index contributed by atoms with van der Waals surface area (Å²) >= 11 is 0. The number of rotatable bonds is 5. The van der Waals surface area contributed by atoms with E-state index in [-0.39, 0.29) is 11.7 Å². The van der Waals surface area contributed by atoms with Crippen LogP contribution in [0.4, 0.5) is 0 Å². The van der Waals surface area contributed by atoms with Gasteiger partial charge >= 0.3 is 5.97 Å². The van der Waals surface area contributed by atoms with E-state index < -0.39 is 5.97 Å². The van der Waals surface area contributed by atoms with Crippen molar-refractivity contribution >= 4 is 11.8 Å². The van der Waals surface area contributed by atoms with Crippen LogP contribution in [-0.2, 0) is 6.54 Å². The Morgan fingerprint density at radius 3 is 2.29 bits per heavy atom. The van der Waals surface area contributed by atoms with Gasteiger partial charge in [-0.3, -0.25) is 9.69 Å². The number of aromatic carboxylic acids is 1. The number of carboxylic acid groups (broad SMARTS) is 1. The van der Waals surface area contributed by atoms with Gasteiger partial charge in [0.05, 0.1) is 5.56 Å². The molecule has 3 rings (SSSR count). The quantitative estimate of drug-likeness (QED) is 0.856. The second kappa shape index (κ2) is 7.41. The zero-order chi connectivity index (χ0) is 16.9. The Morgan fingerprint density at radius 2 is 1.62 bits per heavy atom. The van der Waals surface area contributed by atoms with Gasteiger partial charge in [-0.1, -0.05) is 42.5 Å². The van der Waals surface area contributed by atoms with Crippen molar-refractivity contribution in [3.8, 4) is 0 Å². The van der Waals surface area contributed by atoms with Gasteiger partial charge in [-0.15, -0.1) is 0 Å². The first-order valence-electron chi connectivity index (χ1n) is 8.27. The summed E-state index contributed by atoms with van der Waals surface area (Å²) in [6, 6.07) is 16.6. The highest BCUT2D eigenvalue weighted by atomic mass is 16.4. The number of hydrogen-bond donors (Lipinski definition) is 1. The zero-order valence-electron chi connectivity index (χ0n) is 13.5. The maximum Gasteiger partial charge on any atom is 0.335 e. The van der Waals surface area contributed by atoms with E-state index in [9.17, 15) is 9.59 Å². The summed E-state index contributed by atoms with van der Waals surface area (Å²) in [6.07, 6.45) is 1.71. The molecule has 1 fully saturated rings. The fourth-order valence-corrected chi connectivity index (χ4v) is 3.25. The highest BCUT2D eigenvalue weighted by Gasteiger charge is 2.25. The molecule has 2 aromatic rings. The lowest BCUT2D eigenvalue weighted by Crippen LogP contribution is -2.36. The van der Waals surface area contributed by atoms with Crippen LogP contribution >= 0.6 is 0 Å². The van der Waals surface area contributed by atoms with Crippen LogP contribution in [0.5, 0.6) is 0 Å². The Morgan fingerprint density at radius 1 is 0.958 bits per heavy atom. The lowest BCUT2D eigenvalue weighted by Gasteiger charge is -2.31. The third-order valence-corrected chi connectivity index (χ3v) is 4.60. The molecule has 4 heteroatoms. The Labute approximate surface area is 141 Å². The standard InChI is InChI=1S/C20H21NO3/c22-19(16-6-2-1-3-7-16)17-9-11-21(12-10-17)14-15-5-4-8-18(13-15)20(23)24/h1-8,13,17H,9-12,14H2,(H,23,24). The molecule has 1 heterocycles. The topological polar surface area (TPSA) is 57.6 Å². The number of ketones is 1. The van der Waals surface area contributed by atoms with Crippen LogP contribution in [-0.4, -0.2) is 34.8 Å². The Balaban J connectivity index is 1.56. The van der Waals surface area contributed by atoms with E-state index in [0.717, 1.165) is 43.6 Å². The second-order valence-electron chi connectivity index (χ2n) is 6.29. The number of Topliss-reactive ketones (excluding diaryl/α,β-unsaturated/α-hetero) is 1. The normalized spacial score (nSPS) is 16.0. The molecule has 0 aromatic heterocycles. The molecule has 0 saturated carbocycles. The van der Waals surface area contributed by atoms with Crippen LogP contribution in [0.15, 0.2) is 54.6 Å². The molecule has 0 unspecified atom stereocenters. The predicted molar refractivity (Wildman–Crippen MR) is 92.2 cm³/mol. The third kappa shape index (κ3) is 3.89. The summed E-state index contributed by atoms with van der Waals surface area (Å²) in [5, 5.41) is 9.07. The molecule has 124 valence electrons. The second-order valence-corrected chi connectivity index (χ2v) is 6.29. The predicted octanol–water partition coefficient (Wildman–Crippen LogP) is 3.48. The summed E-state index contributed by atoms with van der Waals surface area (Å²) in [5.41, 5.74) is 2.12. The van der Waals surface area contributed by atoms with Gasteiger partial charge in [0.2, 0.25) is 0 Å². The van der Waals surface area contributed by atoms with Gasteiger partial charge in [0.1, 0.15) is 0 Å². The third-order valence-electron chi connectivity index (χ3n) is 4.60. The molecule has 0 aliphatic carbocycles. The van der Waals surface area contributed by atoms with E-state index in [2.05, 4.69) is 4.90 Å². The van der Waals surface area contributed by atoms with Crippen LogP contribution in [0.3, 0.4) is 0 Å². The highest BCUT2D eigenvalue weighted by Crippen LogP contribution is 2.23. The van der Waals surface area contributed by atoms with E-state index in [1.54, 1.807) is 18.2 Å². The summed E-state index contributed by atoms with van der Waals surface area (Å²) < 4.78 is 0. The number of carbonyl (C=O) groups excluding carboxylic acids is 1. The van der Waals surface area contributed by atoms with Crippen molar-refractivity contribution in [2.45, 2.75) is 19.4 Å². The molecule has 0 bridgehead atoms. The smallest absolute Gasteiger partial charge is 0.335 e. The SMILES string of the molecule is O=C(O)c1cccc(CN2CCC(C(=O)c3ccccc3)CC2)c1. The number of benzene rings is 2. The molecule has 0 spiro atoms. The van der Waals surface area contributed by atoms with E-state index in [1.165, 1.54) is 0 Å². The minimum atomic E-state index is -0.899. The molecule has 2 aromatic carbocycles. The summed E-state index contributed by atoms with van der Waals surface area (Å²) in [6.45, 7) is 2.45. The molecule has 1 aliphatic rings. The Bertz CT molecular complexity index is 719. The average Bonchev–Trinajstić information content (AvgIpc) is 2.63. The lowest BCUT2D eigenvalue weighted by atomic mass is 9.89. The number of piperidine rings is 1. The lowest BCUT2D eigenvalue weighted by molar-refractivity contribution is 0.0695. The minimum absolute atomic E-state index is 0.0917. The number of nitrogens with zero attached hydrogens (tertiary/aromatic N) is 1. The van der Waals surface area contributed by atoms with E-state index in [0.29, 0.717) is 5.56 Å². The largest absolute Gasteiger partial charge is 0.478 e. The molecule has 0 radical (unpaired) electrons. The molecular weight excluding hydrogens is 302 g/mol. The summed E-state index contributed by atoms with van der Waals surface area (Å²) in [4.78, 5) is 25.8. The van der Waals surface area contributed by atoms with Gasteiger partial charge in [-0.05, 0) is 43.6 Å². The first-order chi connectivity index (χ1) is 11.6. The fraction of sp³-hybridized carbons (Fsp3) is 0.300. The van der Waals surface area contributed by atoms with Gasteiger partial charge in [0.15, 0.2) is 5.78 Å². The molecule has 0 amide bonds. The van der Waals surface area contributed by atoms with Crippen LogP contribution in [0.1, 0.15) is 39.1 Å². The minimum Gasteiger partial charge on any atom is -0.478 e. The van der Waals surface area contributed by atoms with Crippen LogP contribution < -0.4 is 0 Å². The molecule has 0 atom stereocenters. The first kappa shape index (κ1) is 16.4. The Hall–Kier alpha value is -2.46. The molecule has 1 saturated heterocycles. The number of likely N-dealkylation sites (tertiary alicyclic amines) is 1. The fourth-order valence-electron chi connectivity index (χ4n) is 3.25. The van der Waals surface area contributed by atoms with E-state index in [1.807, 2.05) is 36.4 Å². The number of carboxylic acids is 1. The molecule has 24 heavy (non-hydrogen) atoms. The monoisotopic (exact) mass is 323 g/mol. The van der Waals surface area contributed by atoms with Gasteiger partial charge in [-0.2, -0.15) is 0 Å². The van der Waals surface area contributed by atoms with Crippen molar-refractivity contribution in [1.29, 1.82) is 0 Å². The van der Waals surface area contributed by atoms with Gasteiger partial charge in [0.25, 0.3) is 0 Å². The van der Waals surface area contributed by atoms with Gasteiger partial charge in [-0.25, -0.2) is 4.79 Å². The number of hydrogen-bond acceptors (Lipinski definition) is 3. The molecule has 1 aliphatic heterocycles. The van der Waals surface area contributed by atoms with Crippen LogP contribution in [0, 0.1) is 5.92 Å². The zero-order valence-corrected chi connectivity index (χ0v) is 13.5. The number of carbonyl (C=O) groups is 2. The Kier molecular flexibility index (Phi) is 5.06. The van der Waals surface area contributed by atoms with Crippen molar-refractivity contribution in [3.05, 3.63) is 71.3 Å². The maximum absolute atomic E-state index is 12.5. The van der Waals surface area contributed by atoms with Crippen molar-refractivity contribution < 1.29 is 14.7 Å². The van der Waals surface area contributed by atoms with Crippen molar-refractivity contribution in [2.75, 3.05) is 13.1 Å². The van der Waals surface area contributed by atoms with Crippen molar-refractivity contribution in [1.82, 2.24) is 4.90 Å². The van der Waals surface area contributed by atoms with Crippen molar-refractivity contribution in [2.24, 2.45) is 5.92 Å². The van der Waals surface area contributed by atoms with Gasteiger partial charge < -0.3 is 5.11 Å².